The molecule has 0 saturated heterocycles. The van der Waals surface area contributed by atoms with Crippen molar-refractivity contribution in [2.45, 2.75) is 97.9 Å². The van der Waals surface area contributed by atoms with E-state index in [9.17, 15) is 4.79 Å². The lowest BCUT2D eigenvalue weighted by atomic mass is 10.3. The van der Waals surface area contributed by atoms with E-state index in [1.807, 2.05) is 0 Å². The average Bonchev–Trinajstić information content (AvgIpc) is 2.74. The largest absolute Gasteiger partial charge is 0.501 e. The third kappa shape index (κ3) is 16.0. The van der Waals surface area contributed by atoms with Gasteiger partial charge < -0.3 is 22.8 Å². The molecule has 0 aliphatic rings. The van der Waals surface area contributed by atoms with Gasteiger partial charge in [-0.15, -0.1) is 0 Å². The fourth-order valence-electron chi connectivity index (χ4n) is 2.75. The fourth-order valence-corrected chi connectivity index (χ4v) is 5.38. The van der Waals surface area contributed by atoms with E-state index < -0.39 is 14.8 Å². The van der Waals surface area contributed by atoms with Gasteiger partial charge in [0.05, 0.1) is 6.61 Å². The molecule has 0 radical (unpaired) electrons. The van der Waals surface area contributed by atoms with Crippen LogP contribution < -0.4 is 0 Å². The van der Waals surface area contributed by atoms with Crippen molar-refractivity contribution in [2.75, 3.05) is 33.2 Å². The lowest BCUT2D eigenvalue weighted by Crippen LogP contribution is -2.47. The summed E-state index contributed by atoms with van der Waals surface area (Å²) in [5, 5.41) is 0. The molecule has 178 valence electrons. The second-order valence-corrected chi connectivity index (χ2v) is 10.4. The average molecular weight is 447 g/mol. The highest BCUT2D eigenvalue weighted by Gasteiger charge is 2.40. The van der Waals surface area contributed by atoms with Gasteiger partial charge in [-0.25, -0.2) is 4.79 Å². The first kappa shape index (κ1) is 29.3. The first-order chi connectivity index (χ1) is 14.5. The Morgan fingerprint density at radius 3 is 1.60 bits per heavy atom. The zero-order chi connectivity index (χ0) is 22.5. The number of ether oxygens (including phenoxy) is 2. The molecule has 0 aliphatic heterocycles. The molecule has 6 nitrogen and oxygen atoms in total. The third-order valence-electron chi connectivity index (χ3n) is 4.60. The van der Waals surface area contributed by atoms with Crippen molar-refractivity contribution < 1.29 is 27.5 Å². The minimum absolute atomic E-state index is 0.0632. The van der Waals surface area contributed by atoms with Crippen LogP contribution in [0, 0.1) is 0 Å². The van der Waals surface area contributed by atoms with Gasteiger partial charge in [0.2, 0.25) is 0 Å². The molecule has 0 bridgehead atoms. The van der Waals surface area contributed by atoms with Crippen LogP contribution >= 0.6 is 0 Å². The van der Waals surface area contributed by atoms with E-state index in [2.05, 4.69) is 27.4 Å². The Hall–Kier alpha value is -0.733. The lowest BCUT2D eigenvalue weighted by molar-refractivity contribution is -0.151. The Kier molecular flexibility index (Phi) is 19.7. The quantitative estimate of drug-likeness (QED) is 0.0665. The normalized spacial score (nSPS) is 11.6. The van der Waals surface area contributed by atoms with Gasteiger partial charge in [-0.05, 0) is 32.6 Å². The van der Waals surface area contributed by atoms with Crippen LogP contribution in [-0.4, -0.2) is 48.0 Å². The summed E-state index contributed by atoms with van der Waals surface area (Å²) in [5.74, 6) is -0.434. The number of carbonyl (C=O) groups is 1. The van der Waals surface area contributed by atoms with Crippen molar-refractivity contribution in [3.8, 4) is 0 Å². The molecule has 0 aliphatic carbocycles. The Balaban J connectivity index is 4.67. The van der Waals surface area contributed by atoms with Crippen LogP contribution in [0.2, 0.25) is 6.04 Å². The Bertz CT molecular complexity index is 399. The molecule has 0 aromatic heterocycles. The van der Waals surface area contributed by atoms with Crippen LogP contribution in [-0.2, 0) is 27.5 Å². The van der Waals surface area contributed by atoms with E-state index in [-0.39, 0.29) is 6.79 Å². The highest BCUT2D eigenvalue weighted by molar-refractivity contribution is 6.60. The van der Waals surface area contributed by atoms with Crippen molar-refractivity contribution in [3.63, 3.8) is 0 Å². The summed E-state index contributed by atoms with van der Waals surface area (Å²) in [6, 6.07) is 0.714. The molecule has 0 heterocycles. The summed E-state index contributed by atoms with van der Waals surface area (Å²) in [6.07, 6.45) is 10.7. The molecule has 0 fully saturated rings. The lowest BCUT2D eigenvalue weighted by Gasteiger charge is -2.30. The summed E-state index contributed by atoms with van der Waals surface area (Å²) in [4.78, 5) is 11.4. The van der Waals surface area contributed by atoms with E-state index in [1.165, 1.54) is 0 Å². The molecule has 0 N–H and O–H groups in total. The molecular weight excluding hydrogens is 400 g/mol. The van der Waals surface area contributed by atoms with Crippen LogP contribution in [0.5, 0.6) is 0 Å². The van der Waals surface area contributed by atoms with Gasteiger partial charge >= 0.3 is 14.8 Å². The molecule has 0 atom stereocenters. The van der Waals surface area contributed by atoms with Crippen molar-refractivity contribution >= 4 is 14.8 Å². The molecule has 0 spiro atoms. The fraction of sp³-hybridized carbons (Fsp3) is 0.870. The summed E-state index contributed by atoms with van der Waals surface area (Å²) in [5.41, 5.74) is 0.367. The van der Waals surface area contributed by atoms with Crippen molar-refractivity contribution in [1.82, 2.24) is 0 Å². The molecule has 0 aromatic carbocycles. The topological polar surface area (TPSA) is 63.2 Å². The molecule has 7 heteroatoms. The smallest absolute Gasteiger partial charge is 0.435 e. The van der Waals surface area contributed by atoms with Gasteiger partial charge in [-0.1, -0.05) is 65.9 Å². The highest BCUT2D eigenvalue weighted by atomic mass is 28.4. The number of rotatable bonds is 22. The number of unbranched alkanes of at least 4 members (excludes halogenated alkanes) is 6. The van der Waals surface area contributed by atoms with Gasteiger partial charge in [0.25, 0.3) is 0 Å². The van der Waals surface area contributed by atoms with Crippen LogP contribution in [0.4, 0.5) is 0 Å². The number of hydrogen-bond donors (Lipinski definition) is 0. The van der Waals surface area contributed by atoms with Crippen molar-refractivity contribution in [3.05, 3.63) is 12.2 Å². The SMILES string of the molecule is C=C(C)C(=O)OCOCCC[Si](OCCCCC)(OCCCCC)OCCCCC. The molecule has 0 unspecified atom stereocenters. The third-order valence-corrected chi connectivity index (χ3v) is 7.50. The summed E-state index contributed by atoms with van der Waals surface area (Å²) in [6.45, 7) is 14.2. The zero-order valence-corrected chi connectivity index (χ0v) is 21.0. The van der Waals surface area contributed by atoms with E-state index >= 15 is 0 Å². The van der Waals surface area contributed by atoms with Crippen molar-refractivity contribution in [1.29, 1.82) is 0 Å². The first-order valence-corrected chi connectivity index (χ1v) is 13.8. The summed E-state index contributed by atoms with van der Waals surface area (Å²) >= 11 is 0. The minimum atomic E-state index is -2.75. The number of carbonyl (C=O) groups excluding carboxylic acids is 1. The van der Waals surface area contributed by atoms with E-state index in [1.54, 1.807) is 6.92 Å². The zero-order valence-electron chi connectivity index (χ0n) is 20.0. The van der Waals surface area contributed by atoms with Gasteiger partial charge in [-0.3, -0.25) is 0 Å². The molecule has 0 saturated carbocycles. The molecule has 0 rings (SSSR count). The maximum atomic E-state index is 11.4. The van der Waals surface area contributed by atoms with Gasteiger partial charge in [0, 0.05) is 31.4 Å². The first-order valence-electron chi connectivity index (χ1n) is 11.8. The van der Waals surface area contributed by atoms with Crippen LogP contribution in [0.3, 0.4) is 0 Å². The predicted molar refractivity (Wildman–Crippen MR) is 123 cm³/mol. The number of hydrogen-bond acceptors (Lipinski definition) is 6. The van der Waals surface area contributed by atoms with E-state index in [0.29, 0.717) is 38.0 Å². The van der Waals surface area contributed by atoms with Gasteiger partial charge in [0.15, 0.2) is 6.79 Å². The van der Waals surface area contributed by atoms with Gasteiger partial charge in [0.1, 0.15) is 0 Å². The van der Waals surface area contributed by atoms with Crippen LogP contribution in [0.25, 0.3) is 0 Å². The summed E-state index contributed by atoms with van der Waals surface area (Å²) in [7, 11) is -2.75. The summed E-state index contributed by atoms with van der Waals surface area (Å²) < 4.78 is 29.3. The van der Waals surface area contributed by atoms with E-state index in [4.69, 9.17) is 22.8 Å². The number of esters is 1. The van der Waals surface area contributed by atoms with Gasteiger partial charge in [-0.2, -0.15) is 0 Å². The van der Waals surface area contributed by atoms with Crippen LogP contribution in [0.1, 0.15) is 91.9 Å². The predicted octanol–water partition coefficient (Wildman–Crippen LogP) is 6.03. The minimum Gasteiger partial charge on any atom is -0.435 e. The van der Waals surface area contributed by atoms with Crippen LogP contribution in [0.15, 0.2) is 12.2 Å². The standard InChI is InChI=1S/C23H46O6Si/c1-6-9-12-17-27-30(28-18-13-10-7-2,29-19-14-11-8-3)20-15-16-25-21-26-23(24)22(4)5/h4,6-21H2,1-3,5H3. The molecular formula is C23H46O6Si. The molecule has 30 heavy (non-hydrogen) atoms. The second kappa shape index (κ2) is 20.2. The molecule has 0 amide bonds. The highest BCUT2D eigenvalue weighted by Crippen LogP contribution is 2.21. The Labute approximate surface area is 186 Å². The second-order valence-electron chi connectivity index (χ2n) is 7.69. The maximum absolute atomic E-state index is 11.4. The Morgan fingerprint density at radius 1 is 0.733 bits per heavy atom. The monoisotopic (exact) mass is 446 g/mol. The molecule has 0 aromatic rings. The Morgan fingerprint density at radius 2 is 1.20 bits per heavy atom. The van der Waals surface area contributed by atoms with E-state index in [0.717, 1.165) is 64.2 Å². The maximum Gasteiger partial charge on any atom is 0.501 e. The van der Waals surface area contributed by atoms with Crippen molar-refractivity contribution in [2.24, 2.45) is 0 Å².